The Morgan fingerprint density at radius 2 is 2.16 bits per heavy atom. The normalized spacial score (nSPS) is 14.8. The number of benzene rings is 1. The minimum Gasteiger partial charge on any atom is -0.456 e. The van der Waals surface area contributed by atoms with E-state index in [1.165, 1.54) is 31.5 Å². The number of nitrogens with zero attached hydrogens (tertiary/aromatic N) is 1. The summed E-state index contributed by atoms with van der Waals surface area (Å²) < 4.78 is 4.78. The van der Waals surface area contributed by atoms with Crippen LogP contribution in [0.1, 0.15) is 30.9 Å². The number of rotatable bonds is 3. The summed E-state index contributed by atoms with van der Waals surface area (Å²) >= 11 is 0. The molecule has 0 atom stereocenters. The highest BCUT2D eigenvalue weighted by molar-refractivity contribution is 5.89. The largest absolute Gasteiger partial charge is 0.456 e. The SMILES string of the molecule is CCOC(=O)C#Cc1cccc(CN2CCCC2)c1. The third kappa shape index (κ3) is 4.42. The van der Waals surface area contributed by atoms with Crippen molar-refractivity contribution in [3.63, 3.8) is 0 Å². The van der Waals surface area contributed by atoms with E-state index in [2.05, 4.69) is 22.8 Å². The predicted molar refractivity (Wildman–Crippen MR) is 74.5 cm³/mol. The average molecular weight is 257 g/mol. The van der Waals surface area contributed by atoms with Gasteiger partial charge in [-0.3, -0.25) is 4.90 Å². The van der Waals surface area contributed by atoms with Crippen molar-refractivity contribution < 1.29 is 9.53 Å². The molecule has 2 rings (SSSR count). The lowest BCUT2D eigenvalue weighted by Crippen LogP contribution is -2.18. The van der Waals surface area contributed by atoms with Crippen LogP contribution in [0.2, 0.25) is 0 Å². The Morgan fingerprint density at radius 1 is 1.37 bits per heavy atom. The van der Waals surface area contributed by atoms with Gasteiger partial charge in [-0.25, -0.2) is 4.79 Å². The molecule has 0 amide bonds. The van der Waals surface area contributed by atoms with Crippen molar-refractivity contribution in [1.29, 1.82) is 0 Å². The van der Waals surface area contributed by atoms with Crippen LogP contribution in [0.5, 0.6) is 0 Å². The molecule has 0 bridgehead atoms. The van der Waals surface area contributed by atoms with Gasteiger partial charge in [0.05, 0.1) is 6.61 Å². The van der Waals surface area contributed by atoms with E-state index in [0.29, 0.717) is 6.61 Å². The van der Waals surface area contributed by atoms with Gasteiger partial charge >= 0.3 is 5.97 Å². The maximum Gasteiger partial charge on any atom is 0.384 e. The van der Waals surface area contributed by atoms with Crippen molar-refractivity contribution in [1.82, 2.24) is 4.90 Å². The van der Waals surface area contributed by atoms with Crippen LogP contribution in [-0.2, 0) is 16.1 Å². The summed E-state index contributed by atoms with van der Waals surface area (Å²) in [6.07, 6.45) is 2.59. The average Bonchev–Trinajstić information content (AvgIpc) is 2.90. The second-order valence-corrected chi connectivity index (χ2v) is 4.65. The Kier molecular flexibility index (Phi) is 5.00. The lowest BCUT2D eigenvalue weighted by Gasteiger charge is -2.14. The standard InChI is InChI=1S/C16H19NO2/c1-2-19-16(18)9-8-14-6-5-7-15(12-14)13-17-10-3-4-11-17/h5-7,12H,2-4,10-11,13H2,1H3. The molecule has 0 unspecified atom stereocenters. The number of esters is 1. The highest BCUT2D eigenvalue weighted by Crippen LogP contribution is 2.13. The second kappa shape index (κ2) is 6.96. The molecular weight excluding hydrogens is 238 g/mol. The van der Waals surface area contributed by atoms with Crippen LogP contribution in [-0.4, -0.2) is 30.6 Å². The van der Waals surface area contributed by atoms with E-state index in [9.17, 15) is 4.79 Å². The van der Waals surface area contributed by atoms with Crippen LogP contribution in [0, 0.1) is 11.8 Å². The van der Waals surface area contributed by atoms with Gasteiger partial charge in [0.1, 0.15) is 0 Å². The summed E-state index contributed by atoms with van der Waals surface area (Å²) in [4.78, 5) is 13.6. The lowest BCUT2D eigenvalue weighted by atomic mass is 10.1. The molecule has 1 aromatic carbocycles. The Labute approximate surface area is 114 Å². The lowest BCUT2D eigenvalue weighted by molar-refractivity contribution is -0.136. The Hall–Kier alpha value is -1.79. The number of hydrogen-bond donors (Lipinski definition) is 0. The van der Waals surface area contributed by atoms with Crippen molar-refractivity contribution in [2.45, 2.75) is 26.3 Å². The van der Waals surface area contributed by atoms with Crippen LogP contribution in [0.15, 0.2) is 24.3 Å². The number of hydrogen-bond acceptors (Lipinski definition) is 3. The molecule has 0 N–H and O–H groups in total. The summed E-state index contributed by atoms with van der Waals surface area (Å²) in [5.74, 6) is 4.88. The predicted octanol–water partition coefficient (Wildman–Crippen LogP) is 2.20. The summed E-state index contributed by atoms with van der Waals surface area (Å²) in [6, 6.07) is 8.05. The van der Waals surface area contributed by atoms with E-state index in [1.54, 1.807) is 6.92 Å². The number of carbonyl (C=O) groups is 1. The van der Waals surface area contributed by atoms with Gasteiger partial charge in [0.2, 0.25) is 0 Å². The first kappa shape index (κ1) is 13.6. The van der Waals surface area contributed by atoms with Gasteiger partial charge in [0.15, 0.2) is 0 Å². The molecule has 1 aliphatic heterocycles. The molecule has 1 aromatic rings. The van der Waals surface area contributed by atoms with Gasteiger partial charge in [-0.05, 0) is 50.6 Å². The van der Waals surface area contributed by atoms with Crippen molar-refractivity contribution in [2.75, 3.05) is 19.7 Å². The fourth-order valence-corrected chi connectivity index (χ4v) is 2.24. The Bertz CT molecular complexity index is 493. The number of ether oxygens (including phenoxy) is 1. The second-order valence-electron chi connectivity index (χ2n) is 4.65. The topological polar surface area (TPSA) is 29.5 Å². The fourth-order valence-electron chi connectivity index (χ4n) is 2.24. The molecule has 1 aliphatic rings. The van der Waals surface area contributed by atoms with Gasteiger partial charge < -0.3 is 4.74 Å². The molecule has 0 aliphatic carbocycles. The zero-order valence-electron chi connectivity index (χ0n) is 11.3. The quantitative estimate of drug-likeness (QED) is 0.614. The van der Waals surface area contributed by atoms with Crippen molar-refractivity contribution in [3.8, 4) is 11.8 Å². The number of likely N-dealkylation sites (tertiary alicyclic amines) is 1. The van der Waals surface area contributed by atoms with Crippen molar-refractivity contribution in [2.24, 2.45) is 0 Å². The minimum atomic E-state index is -0.465. The highest BCUT2D eigenvalue weighted by atomic mass is 16.5. The molecule has 19 heavy (non-hydrogen) atoms. The van der Waals surface area contributed by atoms with E-state index >= 15 is 0 Å². The van der Waals surface area contributed by atoms with E-state index in [4.69, 9.17) is 4.74 Å². The van der Waals surface area contributed by atoms with Gasteiger partial charge in [-0.15, -0.1) is 0 Å². The number of carbonyl (C=O) groups excluding carboxylic acids is 1. The summed E-state index contributed by atoms with van der Waals surface area (Å²) in [7, 11) is 0. The summed E-state index contributed by atoms with van der Waals surface area (Å²) in [5, 5.41) is 0. The third-order valence-electron chi connectivity index (χ3n) is 3.12. The molecule has 3 nitrogen and oxygen atoms in total. The monoisotopic (exact) mass is 257 g/mol. The molecule has 1 saturated heterocycles. The van der Waals surface area contributed by atoms with Crippen molar-refractivity contribution >= 4 is 5.97 Å². The van der Waals surface area contributed by atoms with Crippen LogP contribution >= 0.6 is 0 Å². The molecule has 1 fully saturated rings. The smallest absolute Gasteiger partial charge is 0.384 e. The van der Waals surface area contributed by atoms with Crippen LogP contribution < -0.4 is 0 Å². The molecular formula is C16H19NO2. The highest BCUT2D eigenvalue weighted by Gasteiger charge is 2.11. The third-order valence-corrected chi connectivity index (χ3v) is 3.12. The fraction of sp³-hybridized carbons (Fsp3) is 0.438. The summed E-state index contributed by atoms with van der Waals surface area (Å²) in [6.45, 7) is 5.46. The summed E-state index contributed by atoms with van der Waals surface area (Å²) in [5.41, 5.74) is 2.11. The zero-order chi connectivity index (χ0) is 13.5. The molecule has 0 radical (unpaired) electrons. The van der Waals surface area contributed by atoms with Crippen LogP contribution in [0.4, 0.5) is 0 Å². The minimum absolute atomic E-state index is 0.364. The van der Waals surface area contributed by atoms with E-state index < -0.39 is 5.97 Å². The van der Waals surface area contributed by atoms with Crippen LogP contribution in [0.25, 0.3) is 0 Å². The van der Waals surface area contributed by atoms with Gasteiger partial charge in [-0.2, -0.15) is 0 Å². The molecule has 0 saturated carbocycles. The first-order valence-corrected chi connectivity index (χ1v) is 6.78. The Balaban J connectivity index is 2.00. The molecule has 3 heteroatoms. The molecule has 1 heterocycles. The van der Waals surface area contributed by atoms with Gasteiger partial charge in [-0.1, -0.05) is 18.1 Å². The van der Waals surface area contributed by atoms with E-state index in [-0.39, 0.29) is 0 Å². The van der Waals surface area contributed by atoms with Crippen LogP contribution in [0.3, 0.4) is 0 Å². The first-order chi connectivity index (χ1) is 9.28. The maximum absolute atomic E-state index is 11.2. The van der Waals surface area contributed by atoms with E-state index in [0.717, 1.165) is 12.1 Å². The zero-order valence-corrected chi connectivity index (χ0v) is 11.3. The first-order valence-electron chi connectivity index (χ1n) is 6.78. The van der Waals surface area contributed by atoms with Gasteiger partial charge in [0, 0.05) is 18.0 Å². The van der Waals surface area contributed by atoms with Crippen molar-refractivity contribution in [3.05, 3.63) is 35.4 Å². The molecule has 100 valence electrons. The molecule has 0 aromatic heterocycles. The maximum atomic E-state index is 11.2. The Morgan fingerprint density at radius 3 is 2.89 bits per heavy atom. The van der Waals surface area contributed by atoms with Gasteiger partial charge in [0.25, 0.3) is 0 Å². The van der Waals surface area contributed by atoms with E-state index in [1.807, 2.05) is 18.2 Å². The molecule has 0 spiro atoms.